The van der Waals surface area contributed by atoms with E-state index in [9.17, 15) is 28.4 Å². The van der Waals surface area contributed by atoms with Crippen LogP contribution in [0.2, 0.25) is 0 Å². The number of amides is 1. The Morgan fingerprint density at radius 2 is 1.86 bits per heavy atom. The standard InChI is InChI=1S/C32H39FN6O2S.C12H15FN2O2/c1-3-37(2)42-36-29-12-10-27(33)30(26(29)20-34)41-24-9-11-28-25(17-24)31(40)39(21-35-28)23-18-32(19-23)13-15-38(16-14-32)22-7-5-4-6-8-22;1-14-12(17)11(6-3-7-16)15-10-5-2-4-9(13)8-10/h9-12,17,21-23,36H,3-8,13-16,18-19H2,1-2H3;2,4-5,7-8,11,15H,3,6H2,1H3,(H,14,17). The number of piperidine rings is 1. The Labute approximate surface area is 349 Å². The molecule has 1 amide bonds. The molecule has 3 fully saturated rings. The van der Waals surface area contributed by atoms with Crippen molar-refractivity contribution in [2.45, 2.75) is 95.7 Å². The molecule has 0 bridgehead atoms. The minimum atomic E-state index is -0.649. The number of nitrogens with one attached hydrogen (secondary N) is 3. The van der Waals surface area contributed by atoms with Crippen molar-refractivity contribution < 1.29 is 23.1 Å². The van der Waals surface area contributed by atoms with E-state index < -0.39 is 11.9 Å². The highest BCUT2D eigenvalue weighted by Crippen LogP contribution is 2.54. The number of nitriles is 1. The summed E-state index contributed by atoms with van der Waals surface area (Å²) in [6.07, 6.45) is 14.3. The number of aldehydes is 1. The molecule has 4 aromatic rings. The smallest absolute Gasteiger partial charge is 0.261 e. The summed E-state index contributed by atoms with van der Waals surface area (Å²) in [5, 5.41) is 15.7. The average molecular weight is 829 g/mol. The molecule has 3 aliphatic rings. The van der Waals surface area contributed by atoms with E-state index in [0.717, 1.165) is 31.7 Å². The van der Waals surface area contributed by atoms with Gasteiger partial charge in [0.1, 0.15) is 35.5 Å². The Morgan fingerprint density at radius 1 is 1.10 bits per heavy atom. The van der Waals surface area contributed by atoms with Gasteiger partial charge in [0.15, 0.2) is 11.6 Å². The SMILES string of the molecule is CCN(C)SNc1ccc(F)c(Oc2ccc3ncn(C4CC5(CCN(C6CCCCC6)CC5)C4)c(=O)c3c2)c1C#N.CNC(=O)C(CCC=O)Nc1cccc(F)c1. The van der Waals surface area contributed by atoms with Gasteiger partial charge in [-0.1, -0.05) is 32.3 Å². The van der Waals surface area contributed by atoms with E-state index in [4.69, 9.17) is 4.74 Å². The Morgan fingerprint density at radius 3 is 2.54 bits per heavy atom. The van der Waals surface area contributed by atoms with Crippen LogP contribution in [0, 0.1) is 28.4 Å². The summed E-state index contributed by atoms with van der Waals surface area (Å²) in [6, 6.07) is 16.0. The number of carbonyl (C=O) groups excluding carboxylic acids is 2. The highest BCUT2D eigenvalue weighted by atomic mass is 32.2. The molecule has 7 rings (SSSR count). The Hall–Kier alpha value is -5.04. The van der Waals surface area contributed by atoms with Crippen LogP contribution in [0.4, 0.5) is 20.2 Å². The molecule has 2 saturated carbocycles. The third kappa shape index (κ3) is 10.8. The van der Waals surface area contributed by atoms with E-state index >= 15 is 0 Å². The quantitative estimate of drug-likeness (QED) is 0.0836. The number of carbonyl (C=O) groups is 2. The zero-order valence-corrected chi connectivity index (χ0v) is 34.8. The van der Waals surface area contributed by atoms with Gasteiger partial charge in [0.2, 0.25) is 5.91 Å². The summed E-state index contributed by atoms with van der Waals surface area (Å²) in [5.74, 6) is -1.14. The van der Waals surface area contributed by atoms with Gasteiger partial charge in [0.05, 0.1) is 22.9 Å². The first-order valence-corrected chi connectivity index (χ1v) is 21.3. The van der Waals surface area contributed by atoms with Gasteiger partial charge in [-0.3, -0.25) is 14.2 Å². The van der Waals surface area contributed by atoms with Crippen molar-refractivity contribution in [2.75, 3.05) is 43.8 Å². The number of hydrogen-bond donors (Lipinski definition) is 3. The number of hydrogen-bond acceptors (Lipinski definition) is 11. The van der Waals surface area contributed by atoms with Crippen LogP contribution >= 0.6 is 12.1 Å². The van der Waals surface area contributed by atoms with Crippen LogP contribution in [-0.4, -0.2) is 76.8 Å². The maximum atomic E-state index is 14.9. The van der Waals surface area contributed by atoms with Gasteiger partial charge in [-0.15, -0.1) is 0 Å². The topological polar surface area (TPSA) is 145 Å². The molecule has 3 aromatic carbocycles. The first-order chi connectivity index (χ1) is 28.6. The molecular weight excluding hydrogens is 775 g/mol. The molecule has 12 nitrogen and oxygen atoms in total. The molecule has 2 heterocycles. The van der Waals surface area contributed by atoms with Crippen LogP contribution in [0.1, 0.15) is 89.2 Å². The molecule has 59 heavy (non-hydrogen) atoms. The average Bonchev–Trinajstić information content (AvgIpc) is 3.25. The summed E-state index contributed by atoms with van der Waals surface area (Å²) < 4.78 is 40.6. The first-order valence-electron chi connectivity index (χ1n) is 20.5. The molecule has 1 unspecified atom stereocenters. The largest absolute Gasteiger partial charge is 0.453 e. The van der Waals surface area contributed by atoms with Gasteiger partial charge in [0, 0.05) is 49.9 Å². The van der Waals surface area contributed by atoms with Gasteiger partial charge in [-0.05, 0) is 119 Å². The second kappa shape index (κ2) is 20.3. The normalized spacial score (nSPS) is 17.3. The van der Waals surface area contributed by atoms with E-state index in [-0.39, 0.29) is 46.8 Å². The van der Waals surface area contributed by atoms with E-state index in [1.165, 1.54) is 101 Å². The van der Waals surface area contributed by atoms with Gasteiger partial charge in [0.25, 0.3) is 5.56 Å². The van der Waals surface area contributed by atoms with E-state index in [2.05, 4.69) is 31.3 Å². The molecular formula is C44H54F2N8O4S. The fraction of sp³-hybridized carbons (Fsp3) is 0.477. The Bertz CT molecular complexity index is 2180. The lowest BCUT2D eigenvalue weighted by Gasteiger charge is -2.53. The number of ether oxygens (including phenoxy) is 1. The number of fused-ring (bicyclic) bond motifs is 1. The second-order valence-corrected chi connectivity index (χ2v) is 16.8. The minimum Gasteiger partial charge on any atom is -0.453 e. The lowest BCUT2D eigenvalue weighted by atomic mass is 9.60. The van der Waals surface area contributed by atoms with Gasteiger partial charge in [-0.25, -0.2) is 18.1 Å². The zero-order valence-electron chi connectivity index (χ0n) is 34.0. The van der Waals surface area contributed by atoms with Crippen molar-refractivity contribution in [3.8, 4) is 17.6 Å². The highest BCUT2D eigenvalue weighted by molar-refractivity contribution is 7.98. The van der Waals surface area contributed by atoms with Crippen molar-refractivity contribution in [2.24, 2.45) is 5.41 Å². The van der Waals surface area contributed by atoms with Crippen molar-refractivity contribution in [3.05, 3.63) is 88.5 Å². The maximum absolute atomic E-state index is 14.9. The predicted octanol–water partition coefficient (Wildman–Crippen LogP) is 8.21. The number of aromatic nitrogens is 2. The summed E-state index contributed by atoms with van der Waals surface area (Å²) >= 11 is 1.31. The first kappa shape index (κ1) is 43.5. The summed E-state index contributed by atoms with van der Waals surface area (Å²) in [4.78, 5) is 42.8. The second-order valence-electron chi connectivity index (χ2n) is 15.7. The van der Waals surface area contributed by atoms with Crippen molar-refractivity contribution in [3.63, 3.8) is 0 Å². The number of likely N-dealkylation sites (tertiary alicyclic amines) is 1. The van der Waals surface area contributed by atoms with Crippen LogP contribution < -0.4 is 25.7 Å². The number of anilines is 2. The van der Waals surface area contributed by atoms with Crippen molar-refractivity contribution >= 4 is 46.6 Å². The molecule has 1 saturated heterocycles. The third-order valence-electron chi connectivity index (χ3n) is 11.9. The van der Waals surface area contributed by atoms with Crippen molar-refractivity contribution in [1.29, 1.82) is 5.26 Å². The van der Waals surface area contributed by atoms with E-state index in [1.54, 1.807) is 41.2 Å². The Kier molecular flexibility index (Phi) is 15.0. The molecule has 1 aromatic heterocycles. The van der Waals surface area contributed by atoms with Crippen LogP contribution in [0.25, 0.3) is 10.9 Å². The number of benzene rings is 3. The Balaban J connectivity index is 0.000000290. The molecule has 0 radical (unpaired) electrons. The lowest BCUT2D eigenvalue weighted by Crippen LogP contribution is -2.51. The number of nitrogens with zero attached hydrogens (tertiary/aromatic N) is 5. The fourth-order valence-corrected chi connectivity index (χ4v) is 8.97. The van der Waals surface area contributed by atoms with Crippen molar-refractivity contribution in [1.82, 2.24) is 24.1 Å². The molecule has 1 spiro atoms. The summed E-state index contributed by atoms with van der Waals surface area (Å²) in [7, 11) is 3.42. The molecule has 1 atom stereocenters. The van der Waals surface area contributed by atoms with Gasteiger partial charge < -0.3 is 29.8 Å². The van der Waals surface area contributed by atoms with E-state index in [1.807, 2.05) is 18.3 Å². The predicted molar refractivity (Wildman–Crippen MR) is 228 cm³/mol. The molecule has 3 N–H and O–H groups in total. The summed E-state index contributed by atoms with van der Waals surface area (Å²) in [6.45, 7) is 5.14. The number of rotatable bonds is 14. The fourth-order valence-electron chi connectivity index (χ4n) is 8.41. The highest BCUT2D eigenvalue weighted by Gasteiger charge is 2.47. The molecule has 1 aliphatic heterocycles. The lowest BCUT2D eigenvalue weighted by molar-refractivity contribution is -0.121. The number of halogens is 2. The van der Waals surface area contributed by atoms with E-state index in [0.29, 0.717) is 34.1 Å². The molecule has 15 heteroatoms. The van der Waals surface area contributed by atoms with Crippen LogP contribution in [0.15, 0.2) is 65.7 Å². The minimum absolute atomic E-state index is 0.0602. The van der Waals surface area contributed by atoms with Crippen LogP contribution in [-0.2, 0) is 9.59 Å². The monoisotopic (exact) mass is 828 g/mol. The summed E-state index contributed by atoms with van der Waals surface area (Å²) in [5.41, 5.74) is 1.82. The molecule has 2 aliphatic carbocycles. The van der Waals surface area contributed by atoms with Crippen LogP contribution in [0.3, 0.4) is 0 Å². The zero-order chi connectivity index (χ0) is 41.9. The number of likely N-dealkylation sites (N-methyl/N-ethyl adjacent to an activating group) is 1. The third-order valence-corrected chi connectivity index (χ3v) is 12.8. The van der Waals surface area contributed by atoms with Crippen LogP contribution in [0.5, 0.6) is 11.5 Å². The van der Waals surface area contributed by atoms with Gasteiger partial charge >= 0.3 is 0 Å². The molecule has 314 valence electrons. The van der Waals surface area contributed by atoms with Gasteiger partial charge in [-0.2, -0.15) is 5.26 Å². The maximum Gasteiger partial charge on any atom is 0.261 e.